The predicted octanol–water partition coefficient (Wildman–Crippen LogP) is 3.52. The van der Waals surface area contributed by atoms with E-state index in [1.54, 1.807) is 0 Å². The van der Waals surface area contributed by atoms with Crippen molar-refractivity contribution in [2.24, 2.45) is 0 Å². The number of H-pyrrole nitrogens is 1. The normalized spacial score (nSPS) is 12.5. The van der Waals surface area contributed by atoms with Gasteiger partial charge in [0.2, 0.25) is 5.95 Å². The first-order valence-corrected chi connectivity index (χ1v) is 6.48. The molecule has 0 aliphatic heterocycles. The van der Waals surface area contributed by atoms with Gasteiger partial charge in [0.25, 0.3) is 0 Å². The van der Waals surface area contributed by atoms with E-state index in [1.165, 1.54) is 5.56 Å². The summed E-state index contributed by atoms with van der Waals surface area (Å²) >= 11 is 0. The van der Waals surface area contributed by atoms with E-state index in [0.29, 0.717) is 0 Å². The van der Waals surface area contributed by atoms with Gasteiger partial charge < -0.3 is 10.3 Å². The van der Waals surface area contributed by atoms with Crippen LogP contribution in [-0.4, -0.2) is 15.0 Å². The molecule has 0 amide bonds. The predicted molar refractivity (Wildman–Crippen MR) is 77.0 cm³/mol. The maximum atomic E-state index is 4.54. The standard InChI is InChI=1S/C15H16N4/c1-2-12(11-7-9-16-10-8-11)17-15-18-13-5-3-4-6-14(13)19-15/h3-10,12H,2H2,1H3,(H2,17,18,19). The summed E-state index contributed by atoms with van der Waals surface area (Å²) in [7, 11) is 0. The smallest absolute Gasteiger partial charge is 0.201 e. The zero-order chi connectivity index (χ0) is 13.1. The summed E-state index contributed by atoms with van der Waals surface area (Å²) in [6, 6.07) is 12.3. The van der Waals surface area contributed by atoms with Crippen molar-refractivity contribution in [3.05, 3.63) is 54.4 Å². The topological polar surface area (TPSA) is 53.6 Å². The number of hydrogen-bond acceptors (Lipinski definition) is 3. The number of nitrogens with zero attached hydrogens (tertiary/aromatic N) is 2. The molecule has 0 bridgehead atoms. The molecular weight excluding hydrogens is 236 g/mol. The molecule has 19 heavy (non-hydrogen) atoms. The van der Waals surface area contributed by atoms with Gasteiger partial charge in [-0.1, -0.05) is 19.1 Å². The maximum absolute atomic E-state index is 4.54. The summed E-state index contributed by atoms with van der Waals surface area (Å²) in [4.78, 5) is 11.9. The van der Waals surface area contributed by atoms with Crippen molar-refractivity contribution < 1.29 is 0 Å². The molecule has 1 aromatic carbocycles. The lowest BCUT2D eigenvalue weighted by molar-refractivity contribution is 0.740. The van der Waals surface area contributed by atoms with Crippen molar-refractivity contribution in [3.8, 4) is 0 Å². The van der Waals surface area contributed by atoms with Gasteiger partial charge in [-0.25, -0.2) is 4.98 Å². The van der Waals surface area contributed by atoms with Crippen LogP contribution in [0.4, 0.5) is 5.95 Å². The van der Waals surface area contributed by atoms with Crippen molar-refractivity contribution in [2.45, 2.75) is 19.4 Å². The highest BCUT2D eigenvalue weighted by Crippen LogP contribution is 2.22. The third kappa shape index (κ3) is 2.42. The largest absolute Gasteiger partial charge is 0.349 e. The number of aromatic amines is 1. The van der Waals surface area contributed by atoms with Gasteiger partial charge in [0.05, 0.1) is 17.1 Å². The molecule has 0 aliphatic carbocycles. The van der Waals surface area contributed by atoms with E-state index in [9.17, 15) is 0 Å². The molecule has 4 nitrogen and oxygen atoms in total. The van der Waals surface area contributed by atoms with E-state index < -0.39 is 0 Å². The fourth-order valence-corrected chi connectivity index (χ4v) is 2.20. The van der Waals surface area contributed by atoms with Crippen LogP contribution in [-0.2, 0) is 0 Å². The van der Waals surface area contributed by atoms with Gasteiger partial charge in [-0.2, -0.15) is 0 Å². The Labute approximate surface area is 111 Å². The molecule has 2 N–H and O–H groups in total. The lowest BCUT2D eigenvalue weighted by atomic mass is 10.1. The summed E-state index contributed by atoms with van der Waals surface area (Å²) in [5.74, 6) is 0.810. The van der Waals surface area contributed by atoms with E-state index in [0.717, 1.165) is 23.4 Å². The number of pyridine rings is 1. The Kier molecular flexibility index (Phi) is 3.14. The maximum Gasteiger partial charge on any atom is 0.201 e. The highest BCUT2D eigenvalue weighted by molar-refractivity contribution is 5.77. The zero-order valence-corrected chi connectivity index (χ0v) is 10.8. The number of aromatic nitrogens is 3. The average Bonchev–Trinajstić information content (AvgIpc) is 2.88. The molecule has 0 saturated heterocycles. The van der Waals surface area contributed by atoms with Crippen LogP contribution in [0.25, 0.3) is 11.0 Å². The number of nitrogens with one attached hydrogen (secondary N) is 2. The second-order valence-electron chi connectivity index (χ2n) is 4.49. The van der Waals surface area contributed by atoms with Gasteiger partial charge in [-0.3, -0.25) is 4.98 Å². The number of benzene rings is 1. The van der Waals surface area contributed by atoms with E-state index >= 15 is 0 Å². The molecule has 0 aliphatic rings. The number of imidazole rings is 1. The first-order valence-electron chi connectivity index (χ1n) is 6.48. The quantitative estimate of drug-likeness (QED) is 0.747. The van der Waals surface area contributed by atoms with Crippen LogP contribution in [0, 0.1) is 0 Å². The summed E-state index contributed by atoms with van der Waals surface area (Å²) in [5.41, 5.74) is 3.25. The van der Waals surface area contributed by atoms with Crippen molar-refractivity contribution in [3.63, 3.8) is 0 Å². The van der Waals surface area contributed by atoms with E-state index in [2.05, 4.69) is 27.2 Å². The second-order valence-corrected chi connectivity index (χ2v) is 4.49. The fourth-order valence-electron chi connectivity index (χ4n) is 2.20. The van der Waals surface area contributed by atoms with Crippen LogP contribution >= 0.6 is 0 Å². The SMILES string of the molecule is CCC(Nc1nc2ccccc2[nH]1)c1ccncc1. The number of hydrogen-bond donors (Lipinski definition) is 2. The highest BCUT2D eigenvalue weighted by Gasteiger charge is 2.10. The van der Waals surface area contributed by atoms with Gasteiger partial charge in [0.15, 0.2) is 0 Å². The number of fused-ring (bicyclic) bond motifs is 1. The Balaban J connectivity index is 1.86. The molecule has 0 spiro atoms. The van der Waals surface area contributed by atoms with Gasteiger partial charge in [0, 0.05) is 12.4 Å². The van der Waals surface area contributed by atoms with E-state index in [-0.39, 0.29) is 6.04 Å². The molecule has 3 aromatic rings. The Hall–Kier alpha value is -2.36. The van der Waals surface area contributed by atoms with Crippen LogP contribution in [0.1, 0.15) is 24.9 Å². The monoisotopic (exact) mass is 252 g/mol. The molecular formula is C15H16N4. The molecule has 1 atom stereocenters. The van der Waals surface area contributed by atoms with E-state index in [1.807, 2.05) is 48.8 Å². The van der Waals surface area contributed by atoms with Crippen molar-refractivity contribution >= 4 is 17.0 Å². The van der Waals surface area contributed by atoms with Crippen LogP contribution < -0.4 is 5.32 Å². The minimum Gasteiger partial charge on any atom is -0.349 e. The molecule has 3 rings (SSSR count). The van der Waals surface area contributed by atoms with Crippen molar-refractivity contribution in [1.82, 2.24) is 15.0 Å². The third-order valence-corrected chi connectivity index (χ3v) is 3.22. The number of anilines is 1. The van der Waals surface area contributed by atoms with Gasteiger partial charge in [-0.15, -0.1) is 0 Å². The summed E-state index contributed by atoms with van der Waals surface area (Å²) in [6.07, 6.45) is 4.62. The first-order chi connectivity index (χ1) is 9.36. The van der Waals surface area contributed by atoms with Crippen molar-refractivity contribution in [2.75, 3.05) is 5.32 Å². The van der Waals surface area contributed by atoms with Crippen LogP contribution in [0.15, 0.2) is 48.8 Å². The van der Waals surface area contributed by atoms with Crippen LogP contribution in [0.5, 0.6) is 0 Å². The fraction of sp³-hybridized carbons (Fsp3) is 0.200. The third-order valence-electron chi connectivity index (χ3n) is 3.22. The molecule has 0 saturated carbocycles. The molecule has 96 valence electrons. The second kappa shape index (κ2) is 5.10. The molecule has 1 unspecified atom stereocenters. The average molecular weight is 252 g/mol. The Morgan fingerprint density at radius 2 is 1.95 bits per heavy atom. The molecule has 0 fully saturated rings. The first kappa shape index (κ1) is 11.7. The van der Waals surface area contributed by atoms with Crippen LogP contribution in [0.2, 0.25) is 0 Å². The highest BCUT2D eigenvalue weighted by atomic mass is 15.1. The Morgan fingerprint density at radius 1 is 1.16 bits per heavy atom. The van der Waals surface area contributed by atoms with Gasteiger partial charge >= 0.3 is 0 Å². The molecule has 4 heteroatoms. The molecule has 2 aromatic heterocycles. The lowest BCUT2D eigenvalue weighted by Gasteiger charge is -2.16. The summed E-state index contributed by atoms with van der Waals surface area (Å²) < 4.78 is 0. The van der Waals surface area contributed by atoms with Crippen molar-refractivity contribution in [1.29, 1.82) is 0 Å². The van der Waals surface area contributed by atoms with Gasteiger partial charge in [0.1, 0.15) is 0 Å². The molecule has 2 heterocycles. The zero-order valence-electron chi connectivity index (χ0n) is 10.8. The Morgan fingerprint density at radius 3 is 2.68 bits per heavy atom. The lowest BCUT2D eigenvalue weighted by Crippen LogP contribution is -2.10. The minimum atomic E-state index is 0.239. The number of rotatable bonds is 4. The summed E-state index contributed by atoms with van der Waals surface area (Å²) in [6.45, 7) is 2.15. The molecule has 0 radical (unpaired) electrons. The van der Waals surface area contributed by atoms with Gasteiger partial charge in [-0.05, 0) is 36.2 Å². The van der Waals surface area contributed by atoms with E-state index in [4.69, 9.17) is 0 Å². The Bertz CT molecular complexity index is 627. The summed E-state index contributed by atoms with van der Waals surface area (Å²) in [5, 5.41) is 3.44. The number of para-hydroxylation sites is 2. The minimum absolute atomic E-state index is 0.239. The van der Waals surface area contributed by atoms with Crippen LogP contribution in [0.3, 0.4) is 0 Å².